The minimum atomic E-state index is -2.45. The number of imide groups is 1. The molecule has 0 saturated heterocycles. The Kier molecular flexibility index (Phi) is 6.19. The van der Waals surface area contributed by atoms with Crippen LogP contribution in [0.1, 0.15) is 0 Å². The number of anilines is 1. The number of aliphatic hydroxyl groups is 1. The zero-order valence-electron chi connectivity index (χ0n) is 19.1. The molecule has 0 fully saturated rings. The fourth-order valence-corrected chi connectivity index (χ4v) is 4.89. The monoisotopic (exact) mass is 545 g/mol. The van der Waals surface area contributed by atoms with Crippen LogP contribution in [0.2, 0.25) is 0 Å². The van der Waals surface area contributed by atoms with E-state index < -0.39 is 58.0 Å². The van der Waals surface area contributed by atoms with Gasteiger partial charge in [-0.2, -0.15) is 4.57 Å². The number of hydrogen-bond donors (Lipinski definition) is 1. The van der Waals surface area contributed by atoms with E-state index in [0.29, 0.717) is 5.56 Å². The Hall–Kier alpha value is -4.58. The minimum absolute atomic E-state index is 0.289. The Balaban J connectivity index is 1.45. The Morgan fingerprint density at radius 1 is 0.737 bits per heavy atom. The molecule has 12 heteroatoms. The molecule has 0 bridgehead atoms. The molecule has 2 aromatic heterocycles. The lowest BCUT2D eigenvalue weighted by molar-refractivity contribution is -0.578. The number of aliphatic hydroxyl groups excluding tert-OH is 1. The van der Waals surface area contributed by atoms with Crippen molar-refractivity contribution in [2.45, 2.75) is 0 Å². The zero-order chi connectivity index (χ0) is 27.3. The number of halogens is 5. The van der Waals surface area contributed by atoms with Crippen LogP contribution in [0.25, 0.3) is 26.6 Å². The summed E-state index contributed by atoms with van der Waals surface area (Å²) in [5.74, 6) is -15.5. The molecule has 192 valence electrons. The minimum Gasteiger partial charge on any atom is -0.498 e. The number of aromatic nitrogens is 1. The second-order valence-electron chi connectivity index (χ2n) is 7.95. The van der Waals surface area contributed by atoms with Crippen molar-refractivity contribution >= 4 is 34.5 Å². The average Bonchev–Trinajstić information content (AvgIpc) is 3.51. The molecule has 1 aliphatic heterocycles. The van der Waals surface area contributed by atoms with Crippen LogP contribution in [-0.4, -0.2) is 24.0 Å². The molecule has 0 saturated carbocycles. The summed E-state index contributed by atoms with van der Waals surface area (Å²) in [4.78, 5) is 26.9. The smallest absolute Gasteiger partial charge is 0.335 e. The lowest BCUT2D eigenvalue weighted by atomic mass is 10.2. The third-order valence-electron chi connectivity index (χ3n) is 5.80. The highest BCUT2D eigenvalue weighted by atomic mass is 32.1. The van der Waals surface area contributed by atoms with Crippen LogP contribution in [0, 0.1) is 29.1 Å². The van der Waals surface area contributed by atoms with Crippen LogP contribution in [0.4, 0.5) is 27.6 Å². The fourth-order valence-electron chi connectivity index (χ4n) is 3.88. The lowest BCUT2D eigenvalue weighted by Crippen LogP contribution is -2.40. The molecular formula is C26H14F5N2O4S+. The van der Waals surface area contributed by atoms with Gasteiger partial charge in [0.2, 0.25) is 5.82 Å². The number of carbonyl (C=O) groups is 2. The van der Waals surface area contributed by atoms with Crippen LogP contribution in [0.15, 0.2) is 66.7 Å². The van der Waals surface area contributed by atoms with E-state index in [1.807, 2.05) is 36.4 Å². The van der Waals surface area contributed by atoms with Gasteiger partial charge in [0.05, 0.1) is 7.11 Å². The molecular weight excluding hydrogens is 531 g/mol. The number of benzene rings is 2. The Morgan fingerprint density at radius 2 is 1.24 bits per heavy atom. The van der Waals surface area contributed by atoms with Crippen molar-refractivity contribution in [3.05, 3.63) is 95.8 Å². The van der Waals surface area contributed by atoms with Crippen molar-refractivity contribution in [2.24, 2.45) is 0 Å². The Bertz CT molecular complexity index is 1620. The number of rotatable bonds is 5. The average molecular weight is 545 g/mol. The summed E-state index contributed by atoms with van der Waals surface area (Å²) >= 11 is 1.47. The molecule has 1 N–H and O–H groups in total. The first-order valence-corrected chi connectivity index (χ1v) is 11.6. The van der Waals surface area contributed by atoms with Gasteiger partial charge in [-0.3, -0.25) is 9.59 Å². The van der Waals surface area contributed by atoms with Crippen molar-refractivity contribution < 1.29 is 46.0 Å². The second-order valence-corrected chi connectivity index (χ2v) is 9.03. The molecule has 0 unspecified atom stereocenters. The number of carbonyl (C=O) groups excluding carboxylic acids is 2. The summed E-state index contributed by atoms with van der Waals surface area (Å²) < 4.78 is 75.5. The van der Waals surface area contributed by atoms with E-state index >= 15 is 0 Å². The first-order valence-electron chi connectivity index (χ1n) is 10.7. The third kappa shape index (κ3) is 3.89. The molecule has 2 amide bonds. The van der Waals surface area contributed by atoms with E-state index in [1.165, 1.54) is 23.7 Å². The predicted octanol–water partition coefficient (Wildman–Crippen LogP) is 5.37. The van der Waals surface area contributed by atoms with E-state index in [-0.39, 0.29) is 4.90 Å². The third-order valence-corrected chi connectivity index (χ3v) is 6.98. The molecule has 1 aliphatic rings. The Morgan fingerprint density at radius 3 is 1.76 bits per heavy atom. The SMILES string of the molecule is COc1ccc(-c2ccc(-c3cc[n+](C4=C(O)C(=O)N(c5c(F)c(F)c(F)c(F)c5F)C4=O)cc3)s2)cc1. The molecule has 0 spiro atoms. The van der Waals surface area contributed by atoms with E-state index in [2.05, 4.69) is 0 Å². The number of nitrogens with zero attached hydrogens (tertiary/aromatic N) is 2. The van der Waals surface area contributed by atoms with Crippen molar-refractivity contribution in [2.75, 3.05) is 12.0 Å². The number of ether oxygens (including phenoxy) is 1. The van der Waals surface area contributed by atoms with E-state index in [1.54, 1.807) is 19.2 Å². The van der Waals surface area contributed by atoms with Gasteiger partial charge in [-0.1, -0.05) is 0 Å². The van der Waals surface area contributed by atoms with Gasteiger partial charge in [-0.15, -0.1) is 11.3 Å². The highest BCUT2D eigenvalue weighted by molar-refractivity contribution is 7.18. The van der Waals surface area contributed by atoms with Gasteiger partial charge < -0.3 is 9.84 Å². The molecule has 0 atom stereocenters. The first-order chi connectivity index (χ1) is 18.1. The fraction of sp³-hybridized carbons (Fsp3) is 0.0385. The maximum Gasteiger partial charge on any atom is 0.335 e. The molecule has 5 rings (SSSR count). The molecule has 2 aromatic carbocycles. The van der Waals surface area contributed by atoms with Gasteiger partial charge in [-0.05, 0) is 42.0 Å². The van der Waals surface area contributed by atoms with Crippen molar-refractivity contribution in [3.63, 3.8) is 0 Å². The quantitative estimate of drug-likeness (QED) is 0.120. The maximum atomic E-state index is 14.3. The topological polar surface area (TPSA) is 70.7 Å². The molecule has 0 radical (unpaired) electrons. The highest BCUT2D eigenvalue weighted by Gasteiger charge is 2.49. The van der Waals surface area contributed by atoms with Crippen molar-refractivity contribution in [1.82, 2.24) is 0 Å². The summed E-state index contributed by atoms with van der Waals surface area (Å²) in [6, 6.07) is 14.4. The molecule has 0 aliphatic carbocycles. The number of methoxy groups -OCH3 is 1. The summed E-state index contributed by atoms with van der Waals surface area (Å²) in [5, 5.41) is 10.3. The largest absolute Gasteiger partial charge is 0.498 e. The van der Waals surface area contributed by atoms with Crippen molar-refractivity contribution in [1.29, 1.82) is 0 Å². The zero-order valence-corrected chi connectivity index (χ0v) is 20.0. The summed E-state index contributed by atoms with van der Waals surface area (Å²) in [6.07, 6.45) is 2.61. The first kappa shape index (κ1) is 25.1. The van der Waals surface area contributed by atoms with Gasteiger partial charge in [0.25, 0.3) is 5.76 Å². The van der Waals surface area contributed by atoms with E-state index in [4.69, 9.17) is 4.74 Å². The van der Waals surface area contributed by atoms with Gasteiger partial charge in [0.15, 0.2) is 35.7 Å². The Labute approximate surface area is 215 Å². The number of pyridine rings is 1. The van der Waals surface area contributed by atoms with Crippen LogP contribution in [0.5, 0.6) is 5.75 Å². The standard InChI is InChI=1S/C26H13F5N2O4S/c1-37-14-4-2-12(3-5-14)15-6-7-16(38-15)13-8-10-32(11-9-13)23-24(34)26(36)33(25(23)35)22-20(30)18(28)17(27)19(29)21(22)31/h2-11H,1H3/p+1. The summed E-state index contributed by atoms with van der Waals surface area (Å²) in [7, 11) is 1.57. The van der Waals surface area contributed by atoms with Gasteiger partial charge in [-0.25, -0.2) is 26.9 Å². The van der Waals surface area contributed by atoms with Crippen LogP contribution < -0.4 is 14.2 Å². The van der Waals surface area contributed by atoms with E-state index in [9.17, 15) is 36.6 Å². The van der Waals surface area contributed by atoms with Gasteiger partial charge in [0, 0.05) is 27.5 Å². The molecule has 6 nitrogen and oxygen atoms in total. The molecule has 38 heavy (non-hydrogen) atoms. The van der Waals surface area contributed by atoms with Gasteiger partial charge >= 0.3 is 17.5 Å². The summed E-state index contributed by atoms with van der Waals surface area (Å²) in [6.45, 7) is 0. The number of hydrogen-bond acceptors (Lipinski definition) is 5. The highest BCUT2D eigenvalue weighted by Crippen LogP contribution is 2.36. The normalized spacial score (nSPS) is 13.6. The number of thiophene rings is 1. The second kappa shape index (κ2) is 9.38. The van der Waals surface area contributed by atoms with Crippen LogP contribution >= 0.6 is 11.3 Å². The van der Waals surface area contributed by atoms with Crippen LogP contribution in [-0.2, 0) is 9.59 Å². The van der Waals surface area contributed by atoms with Gasteiger partial charge in [0.1, 0.15) is 11.4 Å². The molecule has 4 aromatic rings. The molecule has 3 heterocycles. The maximum absolute atomic E-state index is 14.3. The van der Waals surface area contributed by atoms with Crippen molar-refractivity contribution in [3.8, 4) is 26.6 Å². The predicted molar refractivity (Wildman–Crippen MR) is 127 cm³/mol. The van der Waals surface area contributed by atoms with Crippen LogP contribution in [0.3, 0.4) is 0 Å². The number of amides is 2. The van der Waals surface area contributed by atoms with E-state index in [0.717, 1.165) is 25.6 Å². The summed E-state index contributed by atoms with van der Waals surface area (Å²) in [5.41, 5.74) is -0.832. The lowest BCUT2D eigenvalue weighted by Gasteiger charge is -2.16.